The van der Waals surface area contributed by atoms with Gasteiger partial charge in [0.15, 0.2) is 6.61 Å². The molecule has 3 heterocycles. The Labute approximate surface area is 242 Å². The van der Waals surface area contributed by atoms with Gasteiger partial charge in [0.2, 0.25) is 11.8 Å². The number of aromatic nitrogens is 1. The smallest absolute Gasteiger partial charge is 0.305 e. The Morgan fingerprint density at radius 2 is 1.73 bits per heavy atom. The summed E-state index contributed by atoms with van der Waals surface area (Å²) in [5.74, 6) is -2.02. The number of para-hydroxylation sites is 1. The molecule has 8 nitrogen and oxygen atoms in total. The quantitative estimate of drug-likeness (QED) is 0.298. The van der Waals surface area contributed by atoms with E-state index in [4.69, 9.17) is 16.3 Å². The lowest BCUT2D eigenvalue weighted by Crippen LogP contribution is -2.32. The molecule has 0 radical (unpaired) electrons. The van der Waals surface area contributed by atoms with E-state index in [1.807, 2.05) is 25.1 Å². The summed E-state index contributed by atoms with van der Waals surface area (Å²) in [6.45, 7) is 1.65. The van der Waals surface area contributed by atoms with Gasteiger partial charge in [-0.3, -0.25) is 19.2 Å². The van der Waals surface area contributed by atoms with Crippen molar-refractivity contribution in [2.45, 2.75) is 23.1 Å². The molecule has 0 bridgehead atoms. The highest BCUT2D eigenvalue weighted by atomic mass is 35.5. The molecule has 0 saturated carbocycles. The van der Waals surface area contributed by atoms with Gasteiger partial charge < -0.3 is 15.0 Å². The fourth-order valence-electron chi connectivity index (χ4n) is 5.04. The van der Waals surface area contributed by atoms with Gasteiger partial charge in [-0.1, -0.05) is 70.6 Å². The van der Waals surface area contributed by atoms with Gasteiger partial charge in [0.25, 0.3) is 5.91 Å². The predicted octanol–water partition coefficient (Wildman–Crippen LogP) is 5.21. The molecule has 2 aliphatic rings. The van der Waals surface area contributed by atoms with Crippen LogP contribution in [0.5, 0.6) is 5.75 Å². The zero-order chi connectivity index (χ0) is 28.0. The van der Waals surface area contributed by atoms with E-state index in [0.717, 1.165) is 16.9 Å². The van der Waals surface area contributed by atoms with Crippen LogP contribution in [0.4, 0.5) is 11.4 Å². The number of carbonyl (C=O) groups excluding carboxylic acids is 3. The van der Waals surface area contributed by atoms with Crippen LogP contribution in [0, 0.1) is 12.8 Å². The Morgan fingerprint density at radius 1 is 1.00 bits per heavy atom. The van der Waals surface area contributed by atoms with Crippen LogP contribution in [0.1, 0.15) is 21.9 Å². The highest BCUT2D eigenvalue weighted by Gasteiger charge is 2.56. The third-order valence-electron chi connectivity index (χ3n) is 6.86. The minimum absolute atomic E-state index is 0.265. The number of anilines is 2. The van der Waals surface area contributed by atoms with Crippen molar-refractivity contribution in [2.75, 3.05) is 16.8 Å². The molecular formula is C29H22ClN3O5S2. The summed E-state index contributed by atoms with van der Waals surface area (Å²) in [5, 5.41) is 3.16. The molecule has 6 rings (SSSR count). The van der Waals surface area contributed by atoms with Crippen LogP contribution in [0.3, 0.4) is 0 Å². The van der Waals surface area contributed by atoms with Crippen LogP contribution in [0.25, 0.3) is 0 Å². The van der Waals surface area contributed by atoms with Crippen molar-refractivity contribution >= 4 is 63.8 Å². The van der Waals surface area contributed by atoms with Gasteiger partial charge in [-0.2, -0.15) is 0 Å². The number of aromatic amines is 1. The molecule has 202 valence electrons. The number of carbonyl (C=O) groups is 3. The molecule has 4 aromatic rings. The van der Waals surface area contributed by atoms with Crippen molar-refractivity contribution in [3.8, 4) is 5.75 Å². The molecule has 1 fully saturated rings. The number of amides is 3. The van der Waals surface area contributed by atoms with Crippen LogP contribution >= 0.6 is 34.7 Å². The number of ether oxygens (including phenoxy) is 1. The highest BCUT2D eigenvalue weighted by molar-refractivity contribution is 8.00. The van der Waals surface area contributed by atoms with Crippen molar-refractivity contribution in [3.05, 3.63) is 103 Å². The number of imide groups is 1. The van der Waals surface area contributed by atoms with Gasteiger partial charge in [-0.05, 0) is 49.4 Å². The number of benzene rings is 3. The first-order chi connectivity index (χ1) is 19.3. The second kappa shape index (κ2) is 10.6. The van der Waals surface area contributed by atoms with E-state index in [-0.39, 0.29) is 29.2 Å². The van der Waals surface area contributed by atoms with Crippen molar-refractivity contribution < 1.29 is 19.1 Å². The average Bonchev–Trinajstić information content (AvgIpc) is 3.44. The van der Waals surface area contributed by atoms with Crippen molar-refractivity contribution in [2.24, 2.45) is 5.92 Å². The summed E-state index contributed by atoms with van der Waals surface area (Å²) in [7, 11) is 0. The van der Waals surface area contributed by atoms with Gasteiger partial charge in [0, 0.05) is 27.1 Å². The van der Waals surface area contributed by atoms with Crippen LogP contribution in [0.15, 0.2) is 82.6 Å². The third-order valence-corrected chi connectivity index (χ3v) is 9.51. The maximum atomic E-state index is 13.9. The summed E-state index contributed by atoms with van der Waals surface area (Å²) in [6.07, 6.45) is 0. The monoisotopic (exact) mass is 591 g/mol. The van der Waals surface area contributed by atoms with Gasteiger partial charge in [0.05, 0.1) is 16.6 Å². The zero-order valence-electron chi connectivity index (χ0n) is 21.1. The summed E-state index contributed by atoms with van der Waals surface area (Å²) >= 11 is 8.15. The van der Waals surface area contributed by atoms with Crippen molar-refractivity contribution in [1.82, 2.24) is 4.98 Å². The molecule has 40 heavy (non-hydrogen) atoms. The first-order valence-electron chi connectivity index (χ1n) is 12.4. The molecule has 0 aliphatic carbocycles. The number of H-pyrrole nitrogens is 1. The normalized spacial score (nSPS) is 19.8. The van der Waals surface area contributed by atoms with Crippen molar-refractivity contribution in [1.29, 1.82) is 0 Å². The Hall–Kier alpha value is -3.86. The maximum absolute atomic E-state index is 13.9. The van der Waals surface area contributed by atoms with Crippen LogP contribution in [-0.2, 0) is 14.4 Å². The summed E-state index contributed by atoms with van der Waals surface area (Å²) in [5.41, 5.74) is 2.72. The molecule has 3 amide bonds. The van der Waals surface area contributed by atoms with E-state index in [2.05, 4.69) is 10.3 Å². The molecule has 1 saturated heterocycles. The minimum atomic E-state index is -0.759. The largest absolute Gasteiger partial charge is 0.483 e. The van der Waals surface area contributed by atoms with E-state index < -0.39 is 17.1 Å². The van der Waals surface area contributed by atoms with E-state index in [9.17, 15) is 19.2 Å². The Morgan fingerprint density at radius 3 is 2.48 bits per heavy atom. The fraction of sp³-hybridized carbons (Fsp3) is 0.172. The molecule has 1 aromatic heterocycles. The number of aryl methyl sites for hydroxylation is 1. The lowest BCUT2D eigenvalue weighted by molar-refractivity contribution is -0.122. The Kier molecular flexibility index (Phi) is 6.99. The van der Waals surface area contributed by atoms with Crippen LogP contribution < -0.4 is 19.8 Å². The SMILES string of the molecule is Cc1ccc(N2C(=O)[C@H]3[C@H](c4ccccc4OCC(=O)Nc4ccc(Cl)cc4)c4sc(=O)[nH]c4S[C@H]3C2=O)cc1. The lowest BCUT2D eigenvalue weighted by Gasteiger charge is -2.30. The van der Waals surface area contributed by atoms with E-state index in [1.54, 1.807) is 54.6 Å². The number of hydrogen-bond acceptors (Lipinski definition) is 7. The Balaban J connectivity index is 1.33. The standard InChI is InChI=1S/C29H22ClN3O5S2/c1-15-6-12-18(13-7-15)33-27(35)23-22(24-26(32-29(37)40-24)39-25(23)28(33)36)19-4-2-3-5-20(19)38-14-21(34)31-17-10-8-16(30)9-11-17/h2-13,22-23,25H,14H2,1H3,(H,31,34)(H,32,37)/t22-,23-,25+/m0/s1. The molecule has 2 N–H and O–H groups in total. The second-order valence-electron chi connectivity index (χ2n) is 9.48. The first-order valence-corrected chi connectivity index (χ1v) is 14.5. The van der Waals surface area contributed by atoms with E-state index >= 15 is 0 Å². The molecule has 3 atom stereocenters. The maximum Gasteiger partial charge on any atom is 0.305 e. The van der Waals surface area contributed by atoms with Crippen LogP contribution in [0.2, 0.25) is 5.02 Å². The van der Waals surface area contributed by atoms with Gasteiger partial charge in [0.1, 0.15) is 11.0 Å². The molecule has 0 spiro atoms. The number of thioether (sulfide) groups is 1. The van der Waals surface area contributed by atoms with Gasteiger partial charge in [-0.25, -0.2) is 4.90 Å². The average molecular weight is 592 g/mol. The molecular weight excluding hydrogens is 570 g/mol. The Bertz CT molecular complexity index is 1680. The predicted molar refractivity (Wildman–Crippen MR) is 156 cm³/mol. The van der Waals surface area contributed by atoms with E-state index in [1.165, 1.54) is 16.7 Å². The topological polar surface area (TPSA) is 109 Å². The molecule has 2 aliphatic heterocycles. The first kappa shape index (κ1) is 26.4. The highest BCUT2D eigenvalue weighted by Crippen LogP contribution is 2.54. The number of hydrogen-bond donors (Lipinski definition) is 2. The second-order valence-corrected chi connectivity index (χ2v) is 12.1. The number of thiazole rings is 1. The zero-order valence-corrected chi connectivity index (χ0v) is 23.4. The number of fused-ring (bicyclic) bond motifs is 2. The summed E-state index contributed by atoms with van der Waals surface area (Å²) < 4.78 is 5.97. The minimum Gasteiger partial charge on any atom is -0.483 e. The van der Waals surface area contributed by atoms with Gasteiger partial charge >= 0.3 is 4.87 Å². The fourth-order valence-corrected chi connectivity index (χ4v) is 7.68. The molecule has 11 heteroatoms. The van der Waals surface area contributed by atoms with Crippen molar-refractivity contribution in [3.63, 3.8) is 0 Å². The third kappa shape index (κ3) is 4.83. The molecule has 0 unspecified atom stereocenters. The van der Waals surface area contributed by atoms with Crippen LogP contribution in [-0.4, -0.2) is 34.6 Å². The number of halogens is 1. The van der Waals surface area contributed by atoms with Gasteiger partial charge in [-0.15, -0.1) is 0 Å². The van der Waals surface area contributed by atoms with E-state index in [0.29, 0.717) is 37.6 Å². The lowest BCUT2D eigenvalue weighted by atomic mass is 9.82. The summed E-state index contributed by atoms with van der Waals surface area (Å²) in [6, 6.07) is 21.1. The number of nitrogens with one attached hydrogen (secondary N) is 2. The summed E-state index contributed by atoms with van der Waals surface area (Å²) in [4.78, 5) is 57.1. The molecule has 3 aromatic carbocycles. The number of nitrogens with zero attached hydrogens (tertiary/aromatic N) is 1. The number of rotatable bonds is 6.